The van der Waals surface area contributed by atoms with Gasteiger partial charge >= 0.3 is 0 Å². The molecule has 1 saturated heterocycles. The van der Waals surface area contributed by atoms with Gasteiger partial charge in [-0.3, -0.25) is 0 Å². The molecular weight excluding hydrogens is 378 g/mol. The van der Waals surface area contributed by atoms with Crippen LogP contribution in [0.5, 0.6) is 0 Å². The van der Waals surface area contributed by atoms with Gasteiger partial charge in [0, 0.05) is 41.8 Å². The van der Waals surface area contributed by atoms with Crippen molar-refractivity contribution in [2.45, 2.75) is 6.17 Å². The van der Waals surface area contributed by atoms with Crippen LogP contribution in [0.25, 0.3) is 11.3 Å². The van der Waals surface area contributed by atoms with Gasteiger partial charge in [-0.15, -0.1) is 5.11 Å². The van der Waals surface area contributed by atoms with E-state index < -0.39 is 0 Å². The summed E-state index contributed by atoms with van der Waals surface area (Å²) in [6.07, 6.45) is 3.01. The Morgan fingerprint density at radius 2 is 1.87 bits per heavy atom. The van der Waals surface area contributed by atoms with Crippen molar-refractivity contribution < 1.29 is 4.74 Å². The molecule has 0 bridgehead atoms. The zero-order valence-corrected chi connectivity index (χ0v) is 16.3. The normalized spacial score (nSPS) is 18.0. The highest BCUT2D eigenvalue weighted by Crippen LogP contribution is 2.26. The maximum atomic E-state index is 5.46. The highest BCUT2D eigenvalue weighted by molar-refractivity contribution is 5.67. The fourth-order valence-electron chi connectivity index (χ4n) is 3.50. The molecule has 2 aliphatic heterocycles. The van der Waals surface area contributed by atoms with Crippen molar-refractivity contribution in [2.75, 3.05) is 36.5 Å². The van der Waals surface area contributed by atoms with E-state index in [2.05, 4.69) is 54.7 Å². The number of anilines is 3. The van der Waals surface area contributed by atoms with E-state index in [1.54, 1.807) is 6.20 Å². The van der Waals surface area contributed by atoms with Gasteiger partial charge in [0.25, 0.3) is 0 Å². The summed E-state index contributed by atoms with van der Waals surface area (Å²) in [7, 11) is 0. The second kappa shape index (κ2) is 8.38. The van der Waals surface area contributed by atoms with Crippen LogP contribution in [0.4, 0.5) is 17.3 Å². The third-order valence-electron chi connectivity index (χ3n) is 5.07. The summed E-state index contributed by atoms with van der Waals surface area (Å²) in [6, 6.07) is 18.2. The van der Waals surface area contributed by atoms with Crippen molar-refractivity contribution in [1.82, 2.24) is 9.97 Å². The molecule has 0 aliphatic carbocycles. The van der Waals surface area contributed by atoms with Gasteiger partial charge in [-0.25, -0.2) is 15.0 Å². The van der Waals surface area contributed by atoms with Crippen molar-refractivity contribution in [3.05, 3.63) is 66.4 Å². The van der Waals surface area contributed by atoms with Crippen molar-refractivity contribution in [3.8, 4) is 11.3 Å². The standard InChI is InChI=1S/C22H21N7O/c1-2-17(14-19(3-1)29-10-12-30-13-11-29)20-8-9-23-22(27-20)26-18-6-4-16(5-7-18)21-24-15-25-28-21/h1-9,14-15,21H,10-13H2,(H,23,26,27). The first-order valence-corrected chi connectivity index (χ1v) is 9.90. The molecule has 1 unspecified atom stereocenters. The number of ether oxygens (including phenoxy) is 1. The van der Waals surface area contributed by atoms with Crippen molar-refractivity contribution >= 4 is 23.7 Å². The zero-order chi connectivity index (χ0) is 20.2. The first-order valence-electron chi connectivity index (χ1n) is 9.90. The quantitative estimate of drug-likeness (QED) is 0.694. The van der Waals surface area contributed by atoms with Crippen LogP contribution in [0.1, 0.15) is 11.7 Å². The fraction of sp³-hybridized carbons (Fsp3) is 0.227. The van der Waals surface area contributed by atoms with E-state index in [0.717, 1.165) is 48.8 Å². The predicted molar refractivity (Wildman–Crippen MR) is 116 cm³/mol. The highest BCUT2D eigenvalue weighted by atomic mass is 16.5. The van der Waals surface area contributed by atoms with Gasteiger partial charge in [-0.1, -0.05) is 24.3 Å². The van der Waals surface area contributed by atoms with E-state index in [1.165, 1.54) is 12.0 Å². The van der Waals surface area contributed by atoms with E-state index >= 15 is 0 Å². The van der Waals surface area contributed by atoms with Crippen LogP contribution in [0, 0.1) is 0 Å². The SMILES string of the molecule is C1=NC(c2ccc(Nc3nccc(-c4cccc(N5CCOCC5)c4)n3)cc2)N=N1. The molecule has 8 nitrogen and oxygen atoms in total. The maximum Gasteiger partial charge on any atom is 0.227 e. The minimum Gasteiger partial charge on any atom is -0.378 e. The van der Waals surface area contributed by atoms with Gasteiger partial charge in [0.2, 0.25) is 5.95 Å². The van der Waals surface area contributed by atoms with Gasteiger partial charge in [0.1, 0.15) is 6.34 Å². The van der Waals surface area contributed by atoms with Crippen LogP contribution in [0.15, 0.2) is 76.0 Å². The monoisotopic (exact) mass is 399 g/mol. The Kier molecular flexibility index (Phi) is 5.14. The highest BCUT2D eigenvalue weighted by Gasteiger charge is 2.13. The smallest absolute Gasteiger partial charge is 0.227 e. The number of nitrogens with one attached hydrogen (secondary N) is 1. The van der Waals surface area contributed by atoms with Gasteiger partial charge in [-0.2, -0.15) is 5.11 Å². The van der Waals surface area contributed by atoms with Gasteiger partial charge < -0.3 is 15.0 Å². The lowest BCUT2D eigenvalue weighted by Crippen LogP contribution is -2.36. The molecule has 0 saturated carbocycles. The molecule has 0 spiro atoms. The van der Waals surface area contributed by atoms with Crippen molar-refractivity contribution in [3.63, 3.8) is 0 Å². The van der Waals surface area contributed by atoms with Crippen molar-refractivity contribution in [2.24, 2.45) is 15.2 Å². The fourth-order valence-corrected chi connectivity index (χ4v) is 3.50. The molecule has 30 heavy (non-hydrogen) atoms. The Balaban J connectivity index is 1.33. The topological polar surface area (TPSA) is 87.4 Å². The molecule has 1 aromatic heterocycles. The summed E-state index contributed by atoms with van der Waals surface area (Å²) < 4.78 is 5.46. The van der Waals surface area contributed by atoms with Gasteiger partial charge in [0.05, 0.1) is 18.9 Å². The summed E-state index contributed by atoms with van der Waals surface area (Å²) in [5, 5.41) is 11.1. The average Bonchev–Trinajstić information content (AvgIpc) is 3.36. The molecule has 5 rings (SSSR count). The lowest BCUT2D eigenvalue weighted by atomic mass is 10.1. The first kappa shape index (κ1) is 18.4. The molecule has 2 aliphatic rings. The zero-order valence-electron chi connectivity index (χ0n) is 16.3. The third kappa shape index (κ3) is 4.04. The molecule has 0 amide bonds. The molecule has 3 aromatic rings. The minimum atomic E-state index is -0.239. The molecule has 2 aromatic carbocycles. The predicted octanol–water partition coefficient (Wildman–Crippen LogP) is 4.22. The third-order valence-corrected chi connectivity index (χ3v) is 5.07. The number of benzene rings is 2. The van der Waals surface area contributed by atoms with Crippen LogP contribution in [-0.2, 0) is 4.74 Å². The number of morpholine rings is 1. The van der Waals surface area contributed by atoms with Crippen LogP contribution >= 0.6 is 0 Å². The number of aliphatic imine (C=N–C) groups is 1. The van der Waals surface area contributed by atoms with Crippen molar-refractivity contribution in [1.29, 1.82) is 0 Å². The van der Waals surface area contributed by atoms with Gasteiger partial charge in [-0.05, 0) is 30.3 Å². The second-order valence-corrected chi connectivity index (χ2v) is 7.03. The number of azo groups is 1. The number of hydrogen-bond donors (Lipinski definition) is 1. The molecule has 1 atom stereocenters. The Morgan fingerprint density at radius 1 is 1.00 bits per heavy atom. The summed E-state index contributed by atoms with van der Waals surface area (Å²) >= 11 is 0. The largest absolute Gasteiger partial charge is 0.378 e. The molecule has 1 N–H and O–H groups in total. The van der Waals surface area contributed by atoms with E-state index in [1.807, 2.05) is 30.3 Å². The first-order chi connectivity index (χ1) is 14.8. The summed E-state index contributed by atoms with van der Waals surface area (Å²) in [5.41, 5.74) is 5.01. The van der Waals surface area contributed by atoms with E-state index in [4.69, 9.17) is 9.72 Å². The van der Waals surface area contributed by atoms with E-state index in [0.29, 0.717) is 5.95 Å². The Bertz CT molecular complexity index is 1060. The van der Waals surface area contributed by atoms with E-state index in [-0.39, 0.29) is 6.17 Å². The number of nitrogens with zero attached hydrogens (tertiary/aromatic N) is 6. The molecule has 0 radical (unpaired) electrons. The minimum absolute atomic E-state index is 0.239. The lowest BCUT2D eigenvalue weighted by molar-refractivity contribution is 0.122. The maximum absolute atomic E-state index is 5.46. The number of rotatable bonds is 5. The average molecular weight is 399 g/mol. The van der Waals surface area contributed by atoms with Crippen LogP contribution in [0.3, 0.4) is 0 Å². The molecule has 1 fully saturated rings. The molecular formula is C22H21N7O. The van der Waals surface area contributed by atoms with Crippen LogP contribution in [-0.4, -0.2) is 42.6 Å². The summed E-state index contributed by atoms with van der Waals surface area (Å²) in [4.78, 5) is 15.6. The molecule has 8 heteroatoms. The Labute approximate surface area is 174 Å². The summed E-state index contributed by atoms with van der Waals surface area (Å²) in [5.74, 6) is 0.551. The molecule has 3 heterocycles. The lowest BCUT2D eigenvalue weighted by Gasteiger charge is -2.29. The Hall–Kier alpha value is -3.65. The van der Waals surface area contributed by atoms with Crippen LogP contribution < -0.4 is 10.2 Å². The van der Waals surface area contributed by atoms with E-state index in [9.17, 15) is 0 Å². The number of hydrogen-bond acceptors (Lipinski definition) is 8. The Morgan fingerprint density at radius 3 is 2.67 bits per heavy atom. The van der Waals surface area contributed by atoms with Gasteiger partial charge in [0.15, 0.2) is 6.17 Å². The number of aromatic nitrogens is 2. The van der Waals surface area contributed by atoms with Crippen LogP contribution in [0.2, 0.25) is 0 Å². The summed E-state index contributed by atoms with van der Waals surface area (Å²) in [6.45, 7) is 3.34. The molecule has 150 valence electrons. The second-order valence-electron chi connectivity index (χ2n) is 7.03.